The van der Waals surface area contributed by atoms with Crippen LogP contribution in [0.2, 0.25) is 0 Å². The number of benzene rings is 1. The van der Waals surface area contributed by atoms with Gasteiger partial charge in [0.05, 0.1) is 13.2 Å². The third-order valence-electron chi connectivity index (χ3n) is 4.05. The highest BCUT2D eigenvalue weighted by atomic mass is 19.1. The molecule has 7 heteroatoms. The number of nitrogens with one attached hydrogen (secondary N) is 2. The molecule has 0 radical (unpaired) electrons. The molecule has 0 aliphatic carbocycles. The SMILES string of the molecule is CCNC(=NCCCN1CCOCC1)NCCc1ccc(F)cc1F. The van der Waals surface area contributed by atoms with Crippen LogP contribution in [-0.2, 0) is 11.2 Å². The summed E-state index contributed by atoms with van der Waals surface area (Å²) in [6.07, 6.45) is 1.47. The van der Waals surface area contributed by atoms with Gasteiger partial charge < -0.3 is 15.4 Å². The van der Waals surface area contributed by atoms with Crippen LogP contribution >= 0.6 is 0 Å². The van der Waals surface area contributed by atoms with Crippen molar-refractivity contribution in [3.63, 3.8) is 0 Å². The number of halogens is 2. The summed E-state index contributed by atoms with van der Waals surface area (Å²) in [7, 11) is 0. The Labute approximate surface area is 148 Å². The molecule has 2 N–H and O–H groups in total. The van der Waals surface area contributed by atoms with E-state index in [1.165, 1.54) is 12.1 Å². The second-order valence-corrected chi connectivity index (χ2v) is 5.98. The lowest BCUT2D eigenvalue weighted by Gasteiger charge is -2.26. The molecule has 0 spiro atoms. The summed E-state index contributed by atoms with van der Waals surface area (Å²) in [6, 6.07) is 3.68. The van der Waals surface area contributed by atoms with Gasteiger partial charge in [-0.15, -0.1) is 0 Å². The topological polar surface area (TPSA) is 48.9 Å². The maximum absolute atomic E-state index is 13.6. The monoisotopic (exact) mass is 354 g/mol. The summed E-state index contributed by atoms with van der Waals surface area (Å²) in [5, 5.41) is 6.38. The zero-order valence-corrected chi connectivity index (χ0v) is 14.9. The molecule has 1 aliphatic heterocycles. The van der Waals surface area contributed by atoms with E-state index < -0.39 is 11.6 Å². The van der Waals surface area contributed by atoms with Crippen LogP contribution in [0.4, 0.5) is 8.78 Å². The van der Waals surface area contributed by atoms with Crippen LogP contribution in [0.5, 0.6) is 0 Å². The third-order valence-corrected chi connectivity index (χ3v) is 4.05. The Morgan fingerprint density at radius 1 is 1.24 bits per heavy atom. The number of hydrogen-bond donors (Lipinski definition) is 2. The first-order valence-electron chi connectivity index (χ1n) is 8.95. The maximum atomic E-state index is 13.6. The van der Waals surface area contributed by atoms with Crippen molar-refractivity contribution in [1.82, 2.24) is 15.5 Å². The normalized spacial score (nSPS) is 16.0. The van der Waals surface area contributed by atoms with E-state index in [0.29, 0.717) is 18.5 Å². The number of nitrogens with zero attached hydrogens (tertiary/aromatic N) is 2. The van der Waals surface area contributed by atoms with Gasteiger partial charge in [-0.2, -0.15) is 0 Å². The minimum Gasteiger partial charge on any atom is -0.379 e. The number of rotatable bonds is 8. The van der Waals surface area contributed by atoms with Crippen molar-refractivity contribution >= 4 is 5.96 Å². The number of hydrogen-bond acceptors (Lipinski definition) is 3. The number of guanidine groups is 1. The summed E-state index contributed by atoms with van der Waals surface area (Å²) in [6.45, 7) is 8.67. The van der Waals surface area contributed by atoms with E-state index in [4.69, 9.17) is 4.74 Å². The van der Waals surface area contributed by atoms with Crippen LogP contribution < -0.4 is 10.6 Å². The molecule has 1 aromatic rings. The Morgan fingerprint density at radius 2 is 2.04 bits per heavy atom. The molecule has 0 amide bonds. The molecule has 1 aromatic carbocycles. The molecule has 1 aliphatic rings. The first-order valence-corrected chi connectivity index (χ1v) is 8.95. The highest BCUT2D eigenvalue weighted by Gasteiger charge is 2.09. The number of aliphatic imine (C=N–C) groups is 1. The maximum Gasteiger partial charge on any atom is 0.191 e. The quantitative estimate of drug-likeness (QED) is 0.425. The summed E-state index contributed by atoms with van der Waals surface area (Å²) < 4.78 is 31.9. The van der Waals surface area contributed by atoms with Crippen molar-refractivity contribution in [3.8, 4) is 0 Å². The molecule has 25 heavy (non-hydrogen) atoms. The molecular weight excluding hydrogens is 326 g/mol. The van der Waals surface area contributed by atoms with Crippen molar-refractivity contribution in [2.24, 2.45) is 4.99 Å². The van der Waals surface area contributed by atoms with E-state index in [0.717, 1.165) is 64.4 Å². The summed E-state index contributed by atoms with van der Waals surface area (Å²) >= 11 is 0. The first-order chi connectivity index (χ1) is 12.2. The lowest BCUT2D eigenvalue weighted by atomic mass is 10.1. The molecule has 1 heterocycles. The van der Waals surface area contributed by atoms with Gasteiger partial charge in [-0.25, -0.2) is 8.78 Å². The lowest BCUT2D eigenvalue weighted by molar-refractivity contribution is 0.0377. The van der Waals surface area contributed by atoms with Gasteiger partial charge in [0.15, 0.2) is 5.96 Å². The van der Waals surface area contributed by atoms with E-state index in [-0.39, 0.29) is 0 Å². The number of morpholine rings is 1. The fourth-order valence-electron chi connectivity index (χ4n) is 2.69. The molecule has 1 saturated heterocycles. The average molecular weight is 354 g/mol. The molecule has 140 valence electrons. The van der Waals surface area contributed by atoms with Gasteiger partial charge in [-0.1, -0.05) is 6.07 Å². The van der Waals surface area contributed by atoms with E-state index in [1.54, 1.807) is 0 Å². The van der Waals surface area contributed by atoms with Gasteiger partial charge >= 0.3 is 0 Å². The van der Waals surface area contributed by atoms with Gasteiger partial charge in [0.2, 0.25) is 0 Å². The van der Waals surface area contributed by atoms with Crippen molar-refractivity contribution in [2.45, 2.75) is 19.8 Å². The van der Waals surface area contributed by atoms with Crippen molar-refractivity contribution in [1.29, 1.82) is 0 Å². The third kappa shape index (κ3) is 7.36. The summed E-state index contributed by atoms with van der Waals surface area (Å²) in [4.78, 5) is 6.93. The van der Waals surface area contributed by atoms with Crippen molar-refractivity contribution in [3.05, 3.63) is 35.4 Å². The predicted octanol–water partition coefficient (Wildman–Crippen LogP) is 1.78. The van der Waals surface area contributed by atoms with Crippen LogP contribution in [0, 0.1) is 11.6 Å². The minimum absolute atomic E-state index is 0.476. The largest absolute Gasteiger partial charge is 0.379 e. The Morgan fingerprint density at radius 3 is 2.76 bits per heavy atom. The Bertz CT molecular complexity index is 548. The van der Waals surface area contributed by atoms with E-state index >= 15 is 0 Å². The van der Waals surface area contributed by atoms with Crippen LogP contribution in [0.25, 0.3) is 0 Å². The zero-order valence-electron chi connectivity index (χ0n) is 14.9. The van der Waals surface area contributed by atoms with Gasteiger partial charge in [0.1, 0.15) is 11.6 Å². The fraction of sp³-hybridized carbons (Fsp3) is 0.611. The van der Waals surface area contributed by atoms with Crippen LogP contribution in [-0.4, -0.2) is 63.3 Å². The second-order valence-electron chi connectivity index (χ2n) is 5.98. The van der Waals surface area contributed by atoms with Crippen molar-refractivity contribution < 1.29 is 13.5 Å². The van der Waals surface area contributed by atoms with E-state index in [2.05, 4.69) is 20.5 Å². The molecule has 0 bridgehead atoms. The Balaban J connectivity index is 1.71. The smallest absolute Gasteiger partial charge is 0.191 e. The highest BCUT2D eigenvalue weighted by Crippen LogP contribution is 2.09. The van der Waals surface area contributed by atoms with E-state index in [9.17, 15) is 8.78 Å². The van der Waals surface area contributed by atoms with Crippen LogP contribution in [0.3, 0.4) is 0 Å². The minimum atomic E-state index is -0.552. The molecule has 1 fully saturated rings. The Kier molecular flexibility index (Phi) is 8.62. The van der Waals surface area contributed by atoms with Crippen molar-refractivity contribution in [2.75, 3.05) is 52.5 Å². The standard InChI is InChI=1S/C18H28F2N4O/c1-2-21-18(22-7-3-9-24-10-12-25-13-11-24)23-8-6-15-4-5-16(19)14-17(15)20/h4-5,14H,2-3,6-13H2,1H3,(H2,21,22,23). The van der Waals surface area contributed by atoms with Gasteiger partial charge in [0.25, 0.3) is 0 Å². The van der Waals surface area contributed by atoms with Crippen LogP contribution in [0.15, 0.2) is 23.2 Å². The molecule has 0 saturated carbocycles. The predicted molar refractivity (Wildman–Crippen MR) is 95.9 cm³/mol. The molecular formula is C18H28F2N4O. The van der Waals surface area contributed by atoms with E-state index in [1.807, 2.05) is 6.92 Å². The lowest BCUT2D eigenvalue weighted by Crippen LogP contribution is -2.39. The summed E-state index contributed by atoms with van der Waals surface area (Å²) in [5.74, 6) is -0.328. The average Bonchev–Trinajstić information content (AvgIpc) is 2.61. The van der Waals surface area contributed by atoms with Gasteiger partial charge in [-0.05, 0) is 31.4 Å². The zero-order chi connectivity index (χ0) is 17.9. The second kappa shape index (κ2) is 11.0. The Hall–Kier alpha value is -1.73. The molecule has 0 atom stereocenters. The molecule has 5 nitrogen and oxygen atoms in total. The summed E-state index contributed by atoms with van der Waals surface area (Å²) in [5.41, 5.74) is 0.497. The first kappa shape index (κ1) is 19.6. The molecule has 0 aromatic heterocycles. The fourth-order valence-corrected chi connectivity index (χ4v) is 2.69. The highest BCUT2D eigenvalue weighted by molar-refractivity contribution is 5.79. The van der Waals surface area contributed by atoms with Crippen LogP contribution in [0.1, 0.15) is 18.9 Å². The van der Waals surface area contributed by atoms with Gasteiger partial charge in [0, 0.05) is 45.3 Å². The molecule has 2 rings (SSSR count). The number of ether oxygens (including phenoxy) is 1. The molecule has 0 unspecified atom stereocenters. The van der Waals surface area contributed by atoms with Gasteiger partial charge in [-0.3, -0.25) is 9.89 Å².